The fourth-order valence-corrected chi connectivity index (χ4v) is 1.18. The summed E-state index contributed by atoms with van der Waals surface area (Å²) in [7, 11) is 0. The number of aliphatic carboxylic acids is 1. The first-order valence-electron chi connectivity index (χ1n) is 3.90. The van der Waals surface area contributed by atoms with Crippen LogP contribution in [-0.4, -0.2) is 23.7 Å². The molecule has 0 aromatic carbocycles. The molecule has 0 saturated heterocycles. The lowest BCUT2D eigenvalue weighted by Crippen LogP contribution is -2.39. The Kier molecular flexibility index (Phi) is 3.12. The molecule has 4 heteroatoms. The van der Waals surface area contributed by atoms with Gasteiger partial charge in [0.1, 0.15) is 6.04 Å². The first-order chi connectivity index (χ1) is 5.61. The Balaban J connectivity index is 2.33. The Bertz CT molecular complexity index is 201. The number of nitrogens with one attached hydrogen (secondary N) is 1. The van der Waals surface area contributed by atoms with Gasteiger partial charge in [0, 0.05) is 11.6 Å². The molecule has 1 rings (SSSR count). The first kappa shape index (κ1) is 9.55. The molecule has 1 aliphatic rings. The van der Waals surface area contributed by atoms with Crippen LogP contribution in [0.2, 0.25) is 0 Å². The first-order valence-corrected chi connectivity index (χ1v) is 4.28. The molecular weight excluding hydrogens is 178 g/mol. The smallest absolute Gasteiger partial charge is 0.320 e. The summed E-state index contributed by atoms with van der Waals surface area (Å²) < 4.78 is 0. The zero-order valence-electron chi connectivity index (χ0n) is 6.72. The highest BCUT2D eigenvalue weighted by atomic mass is 35.5. The number of hydrogen-bond acceptors (Lipinski definition) is 2. The minimum atomic E-state index is -0.796. The summed E-state index contributed by atoms with van der Waals surface area (Å²) in [6, 6.07) is -0.444. The molecule has 1 saturated carbocycles. The molecule has 1 aliphatic carbocycles. The summed E-state index contributed by atoms with van der Waals surface area (Å²) in [6.07, 6.45) is 2.00. The van der Waals surface area contributed by atoms with Gasteiger partial charge in [0.05, 0.1) is 0 Å². The largest absolute Gasteiger partial charge is 0.480 e. The van der Waals surface area contributed by atoms with Crippen molar-refractivity contribution in [2.75, 3.05) is 6.54 Å². The van der Waals surface area contributed by atoms with Crippen molar-refractivity contribution >= 4 is 17.6 Å². The van der Waals surface area contributed by atoms with E-state index in [1.54, 1.807) is 0 Å². The molecule has 0 radical (unpaired) electrons. The molecular formula is C8H12ClNO2. The van der Waals surface area contributed by atoms with Crippen molar-refractivity contribution in [3.8, 4) is 0 Å². The average molecular weight is 190 g/mol. The fraction of sp³-hybridized carbons (Fsp3) is 0.625. The number of carboxylic acid groups (broad SMARTS) is 1. The maximum atomic E-state index is 10.7. The normalized spacial score (nSPS) is 18.8. The van der Waals surface area contributed by atoms with Crippen LogP contribution < -0.4 is 5.32 Å². The van der Waals surface area contributed by atoms with E-state index in [2.05, 4.69) is 11.9 Å². The van der Waals surface area contributed by atoms with Gasteiger partial charge in [-0.2, -0.15) is 0 Å². The average Bonchev–Trinajstić information content (AvgIpc) is 2.69. The van der Waals surface area contributed by atoms with E-state index in [0.717, 1.165) is 12.8 Å². The third-order valence-electron chi connectivity index (χ3n) is 1.87. The number of carbonyl (C=O) groups is 1. The number of halogens is 1. The Morgan fingerprint density at radius 2 is 2.33 bits per heavy atom. The summed E-state index contributed by atoms with van der Waals surface area (Å²) in [5.74, 6) is -0.506. The van der Waals surface area contributed by atoms with Crippen molar-refractivity contribution in [2.24, 2.45) is 5.92 Å². The maximum Gasteiger partial charge on any atom is 0.320 e. The molecule has 0 aliphatic heterocycles. The van der Waals surface area contributed by atoms with Gasteiger partial charge in [-0.05, 0) is 18.8 Å². The summed E-state index contributed by atoms with van der Waals surface area (Å²) >= 11 is 5.50. The van der Waals surface area contributed by atoms with Gasteiger partial charge in [-0.25, -0.2) is 0 Å². The zero-order chi connectivity index (χ0) is 9.14. The third-order valence-corrected chi connectivity index (χ3v) is 2.01. The van der Waals surface area contributed by atoms with Gasteiger partial charge in [0.25, 0.3) is 0 Å². The Morgan fingerprint density at radius 1 is 1.75 bits per heavy atom. The molecule has 0 aromatic rings. The van der Waals surface area contributed by atoms with Crippen LogP contribution >= 0.6 is 11.6 Å². The minimum Gasteiger partial charge on any atom is -0.480 e. The summed E-state index contributed by atoms with van der Waals surface area (Å²) in [6.45, 7) is 3.85. The SMILES string of the molecule is C=C(Cl)CNC(C(=O)O)C1CC1. The highest BCUT2D eigenvalue weighted by Crippen LogP contribution is 2.32. The molecule has 2 N–H and O–H groups in total. The fourth-order valence-electron chi connectivity index (χ4n) is 1.11. The summed E-state index contributed by atoms with van der Waals surface area (Å²) in [4.78, 5) is 10.7. The van der Waals surface area contributed by atoms with Gasteiger partial charge in [-0.15, -0.1) is 0 Å². The molecule has 0 aromatic heterocycles. The van der Waals surface area contributed by atoms with Gasteiger partial charge < -0.3 is 5.11 Å². The van der Waals surface area contributed by atoms with Gasteiger partial charge in [0.2, 0.25) is 0 Å². The third kappa shape index (κ3) is 2.83. The second-order valence-electron chi connectivity index (χ2n) is 3.05. The molecule has 3 nitrogen and oxygen atoms in total. The van der Waals surface area contributed by atoms with E-state index in [4.69, 9.17) is 16.7 Å². The van der Waals surface area contributed by atoms with E-state index >= 15 is 0 Å². The van der Waals surface area contributed by atoms with Crippen molar-refractivity contribution in [3.63, 3.8) is 0 Å². The molecule has 0 amide bonds. The monoisotopic (exact) mass is 189 g/mol. The molecule has 0 spiro atoms. The quantitative estimate of drug-likeness (QED) is 0.683. The molecule has 0 heterocycles. The van der Waals surface area contributed by atoms with Crippen LogP contribution in [0.3, 0.4) is 0 Å². The van der Waals surface area contributed by atoms with Crippen LogP contribution in [0, 0.1) is 5.92 Å². The van der Waals surface area contributed by atoms with E-state index in [1.807, 2.05) is 0 Å². The van der Waals surface area contributed by atoms with Crippen molar-refractivity contribution in [1.29, 1.82) is 0 Å². The highest BCUT2D eigenvalue weighted by molar-refractivity contribution is 6.29. The standard InChI is InChI=1S/C8H12ClNO2/c1-5(9)4-10-7(8(11)12)6-2-3-6/h6-7,10H,1-4H2,(H,11,12). The minimum absolute atomic E-state index is 0.290. The van der Waals surface area contributed by atoms with E-state index in [9.17, 15) is 4.79 Å². The molecule has 12 heavy (non-hydrogen) atoms. The predicted molar refractivity (Wildman–Crippen MR) is 47.1 cm³/mol. The lowest BCUT2D eigenvalue weighted by atomic mass is 10.2. The van der Waals surface area contributed by atoms with Crippen molar-refractivity contribution < 1.29 is 9.90 Å². The zero-order valence-corrected chi connectivity index (χ0v) is 7.47. The molecule has 1 fully saturated rings. The van der Waals surface area contributed by atoms with Crippen LogP contribution in [0.4, 0.5) is 0 Å². The van der Waals surface area contributed by atoms with E-state index < -0.39 is 12.0 Å². The van der Waals surface area contributed by atoms with Gasteiger partial charge in [-0.3, -0.25) is 10.1 Å². The Labute approximate surface area is 76.4 Å². The van der Waals surface area contributed by atoms with E-state index in [1.165, 1.54) is 0 Å². The molecule has 68 valence electrons. The predicted octanol–water partition coefficient (Wildman–Crippen LogP) is 1.19. The Morgan fingerprint density at radius 3 is 2.67 bits per heavy atom. The topological polar surface area (TPSA) is 49.3 Å². The van der Waals surface area contributed by atoms with Crippen molar-refractivity contribution in [1.82, 2.24) is 5.32 Å². The second kappa shape index (κ2) is 3.92. The van der Waals surface area contributed by atoms with Gasteiger partial charge >= 0.3 is 5.97 Å². The summed E-state index contributed by atoms with van der Waals surface area (Å²) in [5, 5.41) is 12.1. The van der Waals surface area contributed by atoms with E-state index in [0.29, 0.717) is 17.5 Å². The number of rotatable bonds is 5. The molecule has 0 bridgehead atoms. The van der Waals surface area contributed by atoms with Crippen LogP contribution in [0.25, 0.3) is 0 Å². The number of hydrogen-bond donors (Lipinski definition) is 2. The number of carboxylic acids is 1. The lowest BCUT2D eigenvalue weighted by Gasteiger charge is -2.12. The van der Waals surface area contributed by atoms with Gasteiger partial charge in [-0.1, -0.05) is 18.2 Å². The van der Waals surface area contributed by atoms with Crippen LogP contribution in [0.15, 0.2) is 11.6 Å². The summed E-state index contributed by atoms with van der Waals surface area (Å²) in [5.41, 5.74) is 0. The lowest BCUT2D eigenvalue weighted by molar-refractivity contribution is -0.140. The van der Waals surface area contributed by atoms with Crippen LogP contribution in [0.1, 0.15) is 12.8 Å². The van der Waals surface area contributed by atoms with E-state index in [-0.39, 0.29) is 0 Å². The molecule has 1 atom stereocenters. The van der Waals surface area contributed by atoms with Gasteiger partial charge in [0.15, 0.2) is 0 Å². The van der Waals surface area contributed by atoms with Crippen molar-refractivity contribution in [2.45, 2.75) is 18.9 Å². The van der Waals surface area contributed by atoms with Crippen LogP contribution in [0.5, 0.6) is 0 Å². The molecule has 1 unspecified atom stereocenters. The highest BCUT2D eigenvalue weighted by Gasteiger charge is 2.35. The Hall–Kier alpha value is -0.540. The second-order valence-corrected chi connectivity index (χ2v) is 3.59. The van der Waals surface area contributed by atoms with Crippen molar-refractivity contribution in [3.05, 3.63) is 11.6 Å². The maximum absolute atomic E-state index is 10.7. The van der Waals surface area contributed by atoms with Crippen LogP contribution in [-0.2, 0) is 4.79 Å².